The van der Waals surface area contributed by atoms with E-state index in [1.807, 2.05) is 0 Å². The number of hydrogen-bond acceptors (Lipinski definition) is 4. The summed E-state index contributed by atoms with van der Waals surface area (Å²) in [5.41, 5.74) is 0.453. The molecule has 150 valence electrons. The Balaban J connectivity index is 1.72. The molecule has 1 aliphatic rings. The van der Waals surface area contributed by atoms with Gasteiger partial charge < -0.3 is 9.64 Å². The summed E-state index contributed by atoms with van der Waals surface area (Å²) in [6, 6.07) is 8.78. The predicted molar refractivity (Wildman–Crippen MR) is 98.2 cm³/mol. The molecule has 9 heteroatoms. The van der Waals surface area contributed by atoms with Gasteiger partial charge in [-0.15, -0.1) is 0 Å². The monoisotopic (exact) mass is 410 g/mol. The van der Waals surface area contributed by atoms with Crippen LogP contribution < -0.4 is 0 Å². The Morgan fingerprint density at radius 1 is 1.11 bits per heavy atom. The van der Waals surface area contributed by atoms with E-state index >= 15 is 0 Å². The number of ether oxygens (including phenoxy) is 1. The number of carbonyl (C=O) groups is 1. The van der Waals surface area contributed by atoms with E-state index in [0.717, 1.165) is 12.1 Å². The number of benzene rings is 2. The number of hydrogen-bond donors (Lipinski definition) is 0. The molecule has 2 aromatic rings. The van der Waals surface area contributed by atoms with Gasteiger partial charge in [-0.05, 0) is 30.3 Å². The number of rotatable bonds is 5. The van der Waals surface area contributed by atoms with E-state index in [4.69, 9.17) is 4.74 Å². The van der Waals surface area contributed by atoms with E-state index in [2.05, 4.69) is 0 Å². The second-order valence-electron chi connectivity index (χ2n) is 6.44. The van der Waals surface area contributed by atoms with Gasteiger partial charge in [-0.3, -0.25) is 4.79 Å². The quantitative estimate of drug-likeness (QED) is 0.759. The third kappa shape index (κ3) is 4.37. The second kappa shape index (κ2) is 8.34. The number of carbonyl (C=O) groups excluding carboxylic acids is 1. The van der Waals surface area contributed by atoms with Crippen LogP contribution in [0.1, 0.15) is 15.9 Å². The molecular formula is C19H20F2N2O4S. The zero-order chi connectivity index (χ0) is 20.3. The molecule has 0 saturated carbocycles. The van der Waals surface area contributed by atoms with E-state index in [0.29, 0.717) is 13.2 Å². The van der Waals surface area contributed by atoms with E-state index < -0.39 is 27.6 Å². The molecule has 0 atom stereocenters. The van der Waals surface area contributed by atoms with Crippen LogP contribution >= 0.6 is 0 Å². The zero-order valence-corrected chi connectivity index (χ0v) is 16.1. The molecule has 1 amide bonds. The average molecular weight is 410 g/mol. The number of morpholine rings is 1. The normalized spacial score (nSPS) is 15.4. The van der Waals surface area contributed by atoms with Crippen molar-refractivity contribution in [1.82, 2.24) is 9.21 Å². The van der Waals surface area contributed by atoms with Gasteiger partial charge in [0.1, 0.15) is 11.6 Å². The molecule has 1 saturated heterocycles. The molecule has 0 N–H and O–H groups in total. The van der Waals surface area contributed by atoms with Gasteiger partial charge in [0.25, 0.3) is 5.91 Å². The summed E-state index contributed by atoms with van der Waals surface area (Å²) in [6.45, 7) is 1.23. The standard InChI is InChI=1S/C19H20F2N2O4S/c1-22(13-15-2-5-16(20)12-18(15)21)19(24)14-3-6-17(7-4-14)28(25,26)23-8-10-27-11-9-23/h2-7,12H,8-11,13H2,1H3. The van der Waals surface area contributed by atoms with E-state index in [-0.39, 0.29) is 35.7 Å². The zero-order valence-electron chi connectivity index (χ0n) is 15.3. The Hall–Kier alpha value is -2.36. The summed E-state index contributed by atoms with van der Waals surface area (Å²) in [7, 11) is -2.15. The van der Waals surface area contributed by atoms with Crippen molar-refractivity contribution in [2.24, 2.45) is 0 Å². The highest BCUT2D eigenvalue weighted by Gasteiger charge is 2.26. The summed E-state index contributed by atoms with van der Waals surface area (Å²) >= 11 is 0. The molecule has 1 heterocycles. The third-order valence-electron chi connectivity index (χ3n) is 4.48. The van der Waals surface area contributed by atoms with E-state index in [1.165, 1.54) is 46.6 Å². The van der Waals surface area contributed by atoms with Crippen LogP contribution in [-0.4, -0.2) is 56.9 Å². The van der Waals surface area contributed by atoms with Crippen LogP contribution in [-0.2, 0) is 21.3 Å². The summed E-state index contributed by atoms with van der Waals surface area (Å²) in [4.78, 5) is 13.9. The fourth-order valence-corrected chi connectivity index (χ4v) is 4.31. The Morgan fingerprint density at radius 2 is 1.75 bits per heavy atom. The molecule has 1 fully saturated rings. The molecule has 0 bridgehead atoms. The van der Waals surface area contributed by atoms with Crippen molar-refractivity contribution in [3.63, 3.8) is 0 Å². The second-order valence-corrected chi connectivity index (χ2v) is 8.38. The first-order valence-electron chi connectivity index (χ1n) is 8.66. The van der Waals surface area contributed by atoms with Crippen LogP contribution in [0.25, 0.3) is 0 Å². The van der Waals surface area contributed by atoms with Gasteiger partial charge in [0, 0.05) is 43.9 Å². The van der Waals surface area contributed by atoms with Gasteiger partial charge >= 0.3 is 0 Å². The highest BCUT2D eigenvalue weighted by atomic mass is 32.2. The topological polar surface area (TPSA) is 66.9 Å². The molecule has 2 aromatic carbocycles. The summed E-state index contributed by atoms with van der Waals surface area (Å²) in [5.74, 6) is -1.82. The van der Waals surface area contributed by atoms with Crippen molar-refractivity contribution in [2.75, 3.05) is 33.4 Å². The number of sulfonamides is 1. The molecule has 0 radical (unpaired) electrons. The van der Waals surface area contributed by atoms with Crippen LogP contribution in [0.3, 0.4) is 0 Å². The third-order valence-corrected chi connectivity index (χ3v) is 6.39. The summed E-state index contributed by atoms with van der Waals surface area (Å²) < 4.78 is 58.5. The lowest BCUT2D eigenvalue weighted by molar-refractivity contribution is 0.0730. The van der Waals surface area contributed by atoms with Gasteiger partial charge in [-0.2, -0.15) is 4.31 Å². The molecule has 6 nitrogen and oxygen atoms in total. The molecule has 0 aromatic heterocycles. The van der Waals surface area contributed by atoms with Gasteiger partial charge in [-0.1, -0.05) is 6.07 Å². The van der Waals surface area contributed by atoms with Crippen molar-refractivity contribution in [1.29, 1.82) is 0 Å². The van der Waals surface area contributed by atoms with Crippen LogP contribution in [0, 0.1) is 11.6 Å². The number of amides is 1. The van der Waals surface area contributed by atoms with Crippen molar-refractivity contribution in [3.8, 4) is 0 Å². The lowest BCUT2D eigenvalue weighted by Crippen LogP contribution is -2.40. The maximum absolute atomic E-state index is 13.8. The smallest absolute Gasteiger partial charge is 0.253 e. The Bertz CT molecular complexity index is 958. The van der Waals surface area contributed by atoms with Crippen LogP contribution in [0.2, 0.25) is 0 Å². The van der Waals surface area contributed by atoms with Gasteiger partial charge in [0.15, 0.2) is 0 Å². The van der Waals surface area contributed by atoms with Gasteiger partial charge in [0.05, 0.1) is 18.1 Å². The van der Waals surface area contributed by atoms with E-state index in [9.17, 15) is 22.0 Å². The van der Waals surface area contributed by atoms with Crippen LogP contribution in [0.4, 0.5) is 8.78 Å². The molecular weight excluding hydrogens is 390 g/mol. The van der Waals surface area contributed by atoms with E-state index in [1.54, 1.807) is 0 Å². The molecule has 0 unspecified atom stereocenters. The molecule has 0 spiro atoms. The first-order valence-corrected chi connectivity index (χ1v) is 10.1. The predicted octanol–water partition coefficient (Wildman–Crippen LogP) is 2.26. The Kier molecular flexibility index (Phi) is 6.07. The van der Waals surface area contributed by atoms with Crippen molar-refractivity contribution >= 4 is 15.9 Å². The van der Waals surface area contributed by atoms with Crippen LogP contribution in [0.15, 0.2) is 47.4 Å². The highest BCUT2D eigenvalue weighted by molar-refractivity contribution is 7.89. The minimum absolute atomic E-state index is 0.0429. The first-order chi connectivity index (χ1) is 13.3. The fourth-order valence-electron chi connectivity index (χ4n) is 2.90. The first kappa shape index (κ1) is 20.4. The minimum Gasteiger partial charge on any atom is -0.379 e. The van der Waals surface area contributed by atoms with Crippen molar-refractivity contribution < 1.29 is 26.7 Å². The maximum atomic E-state index is 13.8. The highest BCUT2D eigenvalue weighted by Crippen LogP contribution is 2.19. The molecule has 28 heavy (non-hydrogen) atoms. The molecule has 0 aliphatic carbocycles. The lowest BCUT2D eigenvalue weighted by Gasteiger charge is -2.26. The van der Waals surface area contributed by atoms with Gasteiger partial charge in [-0.25, -0.2) is 17.2 Å². The Morgan fingerprint density at radius 3 is 2.36 bits per heavy atom. The van der Waals surface area contributed by atoms with Crippen molar-refractivity contribution in [3.05, 3.63) is 65.2 Å². The maximum Gasteiger partial charge on any atom is 0.253 e. The minimum atomic E-state index is -3.64. The average Bonchev–Trinajstić information content (AvgIpc) is 2.70. The number of halogens is 2. The van der Waals surface area contributed by atoms with Crippen molar-refractivity contribution in [2.45, 2.75) is 11.4 Å². The SMILES string of the molecule is CN(Cc1ccc(F)cc1F)C(=O)c1ccc(S(=O)(=O)N2CCOCC2)cc1. The summed E-state index contributed by atoms with van der Waals surface area (Å²) in [5, 5.41) is 0. The lowest BCUT2D eigenvalue weighted by atomic mass is 10.1. The van der Waals surface area contributed by atoms with Gasteiger partial charge in [0.2, 0.25) is 10.0 Å². The largest absolute Gasteiger partial charge is 0.379 e. The summed E-state index contributed by atoms with van der Waals surface area (Å²) in [6.07, 6.45) is 0. The Labute approximate surface area is 162 Å². The number of nitrogens with zero attached hydrogens (tertiary/aromatic N) is 2. The van der Waals surface area contributed by atoms with Crippen LogP contribution in [0.5, 0.6) is 0 Å². The fraction of sp³-hybridized carbons (Fsp3) is 0.316. The molecule has 1 aliphatic heterocycles. The molecule has 3 rings (SSSR count).